The molecule has 2 fully saturated rings. The molecule has 3 rings (SSSR count). The maximum atomic E-state index is 12.2. The summed E-state index contributed by atoms with van der Waals surface area (Å²) >= 11 is 0. The van der Waals surface area contributed by atoms with Crippen LogP contribution in [-0.4, -0.2) is 72.1 Å². The lowest BCUT2D eigenvalue weighted by atomic mass is 10.1. The zero-order valence-corrected chi connectivity index (χ0v) is 21.3. The number of nitrogens with zero attached hydrogens (tertiary/aromatic N) is 3. The number of guanidine groups is 1. The fourth-order valence-corrected chi connectivity index (χ4v) is 4.12. The lowest BCUT2D eigenvalue weighted by Gasteiger charge is -2.29. The van der Waals surface area contributed by atoms with E-state index in [4.69, 9.17) is 0 Å². The zero-order valence-electron chi connectivity index (χ0n) is 19.0. The summed E-state index contributed by atoms with van der Waals surface area (Å²) in [6, 6.07) is 8.93. The number of likely N-dealkylation sites (tertiary alicyclic amines) is 2. The second-order valence-electron chi connectivity index (χ2n) is 8.82. The van der Waals surface area contributed by atoms with Gasteiger partial charge in [-0.05, 0) is 30.4 Å². The molecule has 2 aliphatic rings. The summed E-state index contributed by atoms with van der Waals surface area (Å²) in [6.07, 6.45) is 2.57. The molecule has 1 amide bonds. The molecule has 0 aromatic heterocycles. The third kappa shape index (κ3) is 7.91. The Labute approximate surface area is 203 Å². The number of rotatable bonds is 6. The number of carbonyl (C=O) groups is 1. The van der Waals surface area contributed by atoms with Gasteiger partial charge in [0.15, 0.2) is 5.96 Å². The van der Waals surface area contributed by atoms with Gasteiger partial charge in [0.25, 0.3) is 0 Å². The molecule has 31 heavy (non-hydrogen) atoms. The van der Waals surface area contributed by atoms with Crippen molar-refractivity contribution < 1.29 is 9.90 Å². The van der Waals surface area contributed by atoms with Gasteiger partial charge in [0.1, 0.15) is 0 Å². The second kappa shape index (κ2) is 12.6. The molecule has 1 aromatic rings. The van der Waals surface area contributed by atoms with Crippen molar-refractivity contribution in [3.05, 3.63) is 35.4 Å². The number of halogens is 1. The van der Waals surface area contributed by atoms with Gasteiger partial charge in [0.2, 0.25) is 5.91 Å². The molecule has 2 aliphatic heterocycles. The Balaban J connectivity index is 0.00000341. The molecule has 0 bridgehead atoms. The van der Waals surface area contributed by atoms with Crippen LogP contribution < -0.4 is 10.6 Å². The minimum Gasteiger partial charge on any atom is -0.393 e. The van der Waals surface area contributed by atoms with E-state index in [1.54, 1.807) is 7.05 Å². The van der Waals surface area contributed by atoms with Crippen molar-refractivity contribution in [2.24, 2.45) is 10.9 Å². The summed E-state index contributed by atoms with van der Waals surface area (Å²) in [7, 11) is 1.78. The van der Waals surface area contributed by atoms with Crippen LogP contribution in [0, 0.1) is 5.92 Å². The third-order valence-corrected chi connectivity index (χ3v) is 6.00. The van der Waals surface area contributed by atoms with Crippen LogP contribution in [0.1, 0.15) is 44.2 Å². The average Bonchev–Trinajstić information content (AvgIpc) is 3.21. The molecule has 2 heterocycles. The molecular weight excluding hydrogens is 505 g/mol. The third-order valence-electron chi connectivity index (χ3n) is 6.00. The Kier molecular flexibility index (Phi) is 10.5. The van der Waals surface area contributed by atoms with E-state index >= 15 is 0 Å². The fraction of sp³-hybridized carbons (Fsp3) is 0.652. The van der Waals surface area contributed by atoms with E-state index in [1.165, 1.54) is 11.1 Å². The number of aliphatic imine (C=N–C) groups is 1. The number of benzene rings is 1. The Morgan fingerprint density at radius 1 is 1.13 bits per heavy atom. The van der Waals surface area contributed by atoms with Crippen LogP contribution >= 0.6 is 24.0 Å². The maximum absolute atomic E-state index is 12.2. The number of nitrogens with one attached hydrogen (secondary N) is 2. The molecule has 1 atom stereocenters. The lowest BCUT2D eigenvalue weighted by Crippen LogP contribution is -2.45. The van der Waals surface area contributed by atoms with Gasteiger partial charge in [-0.25, -0.2) is 0 Å². The minimum absolute atomic E-state index is 0. The van der Waals surface area contributed by atoms with Crippen molar-refractivity contribution in [1.29, 1.82) is 0 Å². The Bertz CT molecular complexity index is 717. The van der Waals surface area contributed by atoms with E-state index in [2.05, 4.69) is 44.8 Å². The first-order valence-corrected chi connectivity index (χ1v) is 11.2. The molecule has 1 aromatic carbocycles. The summed E-state index contributed by atoms with van der Waals surface area (Å²) in [4.78, 5) is 20.8. The Morgan fingerprint density at radius 3 is 2.39 bits per heavy atom. The molecular formula is C23H38IN5O2. The first-order valence-electron chi connectivity index (χ1n) is 11.2. The van der Waals surface area contributed by atoms with Crippen LogP contribution in [0.5, 0.6) is 0 Å². The molecule has 2 saturated heterocycles. The highest BCUT2D eigenvalue weighted by molar-refractivity contribution is 14.0. The van der Waals surface area contributed by atoms with Gasteiger partial charge >= 0.3 is 0 Å². The Morgan fingerprint density at radius 2 is 1.77 bits per heavy atom. The van der Waals surface area contributed by atoms with Gasteiger partial charge in [0, 0.05) is 58.3 Å². The average molecular weight is 543 g/mol. The van der Waals surface area contributed by atoms with Gasteiger partial charge in [0.05, 0.1) is 6.10 Å². The maximum Gasteiger partial charge on any atom is 0.225 e. The summed E-state index contributed by atoms with van der Waals surface area (Å²) in [5.41, 5.74) is 2.51. The molecule has 8 heteroatoms. The first kappa shape index (κ1) is 25.9. The fourth-order valence-electron chi connectivity index (χ4n) is 4.12. The summed E-state index contributed by atoms with van der Waals surface area (Å²) in [6.45, 7) is 9.02. The number of carbonyl (C=O) groups excluding carboxylic acids is 1. The predicted octanol–water partition coefficient (Wildman–Crippen LogP) is 2.18. The van der Waals surface area contributed by atoms with Gasteiger partial charge in [-0.1, -0.05) is 38.1 Å². The number of amides is 1. The normalized spacial score (nSPS) is 20.6. The van der Waals surface area contributed by atoms with Crippen molar-refractivity contribution in [2.75, 3.05) is 33.2 Å². The Hall–Kier alpha value is -1.39. The summed E-state index contributed by atoms with van der Waals surface area (Å²) in [5.74, 6) is 1.04. The standard InChI is InChI=1S/C23H37N5O2.HI/c1-17(2)22(30)28-13-8-20(16-28)26-23(24-3)25-14-18-4-6-19(7-5-18)15-27-11-9-21(29)10-12-27;/h4-7,17,20-21,29H,8-16H2,1-3H3,(H2,24,25,26);1H. The van der Waals surface area contributed by atoms with E-state index < -0.39 is 0 Å². The smallest absolute Gasteiger partial charge is 0.225 e. The molecule has 0 saturated carbocycles. The number of aliphatic hydroxyl groups is 1. The van der Waals surface area contributed by atoms with Crippen LogP contribution in [0.3, 0.4) is 0 Å². The predicted molar refractivity (Wildman–Crippen MR) is 136 cm³/mol. The van der Waals surface area contributed by atoms with Gasteiger partial charge in [-0.15, -0.1) is 24.0 Å². The van der Waals surface area contributed by atoms with Gasteiger partial charge < -0.3 is 20.6 Å². The van der Waals surface area contributed by atoms with Crippen molar-refractivity contribution in [3.63, 3.8) is 0 Å². The van der Waals surface area contributed by atoms with E-state index in [0.29, 0.717) is 6.54 Å². The lowest BCUT2D eigenvalue weighted by molar-refractivity contribution is -0.133. The molecule has 3 N–H and O–H groups in total. The second-order valence-corrected chi connectivity index (χ2v) is 8.82. The van der Waals surface area contributed by atoms with Crippen LogP contribution in [0.2, 0.25) is 0 Å². The summed E-state index contributed by atoms with van der Waals surface area (Å²) < 4.78 is 0. The molecule has 174 valence electrons. The topological polar surface area (TPSA) is 80.2 Å². The highest BCUT2D eigenvalue weighted by atomic mass is 127. The quantitative estimate of drug-likeness (QED) is 0.291. The van der Waals surface area contributed by atoms with Crippen LogP contribution in [0.25, 0.3) is 0 Å². The molecule has 0 radical (unpaired) electrons. The van der Waals surface area contributed by atoms with E-state index in [0.717, 1.165) is 57.9 Å². The molecule has 1 unspecified atom stereocenters. The zero-order chi connectivity index (χ0) is 21.5. The van der Waals surface area contributed by atoms with E-state index in [1.807, 2.05) is 18.7 Å². The van der Waals surface area contributed by atoms with Crippen LogP contribution in [0.15, 0.2) is 29.3 Å². The van der Waals surface area contributed by atoms with Crippen LogP contribution in [-0.2, 0) is 17.9 Å². The highest BCUT2D eigenvalue weighted by Crippen LogP contribution is 2.15. The molecule has 0 aliphatic carbocycles. The summed E-state index contributed by atoms with van der Waals surface area (Å²) in [5, 5.41) is 16.5. The number of piperidine rings is 1. The van der Waals surface area contributed by atoms with E-state index in [9.17, 15) is 9.90 Å². The monoisotopic (exact) mass is 543 g/mol. The first-order chi connectivity index (χ1) is 14.4. The van der Waals surface area contributed by atoms with Crippen molar-refractivity contribution in [3.8, 4) is 0 Å². The van der Waals surface area contributed by atoms with Crippen molar-refractivity contribution in [1.82, 2.24) is 20.4 Å². The number of hydrogen-bond donors (Lipinski definition) is 3. The van der Waals surface area contributed by atoms with Crippen LogP contribution in [0.4, 0.5) is 0 Å². The SMILES string of the molecule is CN=C(NCc1ccc(CN2CCC(O)CC2)cc1)NC1CCN(C(=O)C(C)C)C1.I. The van der Waals surface area contributed by atoms with Gasteiger partial charge in [-0.3, -0.25) is 14.7 Å². The van der Waals surface area contributed by atoms with Gasteiger partial charge in [-0.2, -0.15) is 0 Å². The van der Waals surface area contributed by atoms with Crippen molar-refractivity contribution in [2.45, 2.75) is 58.3 Å². The number of hydrogen-bond acceptors (Lipinski definition) is 4. The van der Waals surface area contributed by atoms with E-state index in [-0.39, 0.29) is 47.9 Å². The molecule has 7 nitrogen and oxygen atoms in total. The molecule has 0 spiro atoms. The number of aliphatic hydroxyl groups excluding tert-OH is 1. The van der Waals surface area contributed by atoms with Crippen molar-refractivity contribution >= 4 is 35.8 Å². The minimum atomic E-state index is -0.124. The highest BCUT2D eigenvalue weighted by Gasteiger charge is 2.27. The largest absolute Gasteiger partial charge is 0.393 e.